The summed E-state index contributed by atoms with van der Waals surface area (Å²) in [6, 6.07) is 16.3. The SMILES string of the molecule is CC(=O)OC[C@H](Cc1ccc(OC(F)(F)F)cc1)NC(=O)c1nn(-c2ccc(Cl)cc2Cl)c(-c2ccc(Cl)cc2)c1C. The number of ether oxygens (including phenoxy) is 2. The summed E-state index contributed by atoms with van der Waals surface area (Å²) in [5, 5.41) is 8.66. The lowest BCUT2D eigenvalue weighted by Crippen LogP contribution is -2.40. The molecule has 13 heteroatoms. The van der Waals surface area contributed by atoms with Crippen LogP contribution in [0.25, 0.3) is 16.9 Å². The van der Waals surface area contributed by atoms with Crippen LogP contribution < -0.4 is 10.1 Å². The Kier molecular flexibility index (Phi) is 9.71. The van der Waals surface area contributed by atoms with E-state index in [-0.39, 0.29) is 24.5 Å². The molecule has 0 saturated carbocycles. The summed E-state index contributed by atoms with van der Waals surface area (Å²) in [6.07, 6.45) is -4.69. The molecule has 3 aromatic carbocycles. The van der Waals surface area contributed by atoms with Crippen LogP contribution in [0, 0.1) is 6.92 Å². The Labute approximate surface area is 254 Å². The lowest BCUT2D eigenvalue weighted by Gasteiger charge is -2.18. The first-order valence-electron chi connectivity index (χ1n) is 12.4. The monoisotopic (exact) mass is 639 g/mol. The van der Waals surface area contributed by atoms with Gasteiger partial charge in [0.2, 0.25) is 0 Å². The second kappa shape index (κ2) is 13.1. The van der Waals surface area contributed by atoms with E-state index >= 15 is 0 Å². The molecule has 220 valence electrons. The number of hydrogen-bond acceptors (Lipinski definition) is 5. The third-order valence-corrected chi connectivity index (χ3v) is 6.84. The molecule has 0 fully saturated rings. The number of nitrogens with zero attached hydrogens (tertiary/aromatic N) is 2. The smallest absolute Gasteiger partial charge is 0.464 e. The minimum absolute atomic E-state index is 0.0766. The summed E-state index contributed by atoms with van der Waals surface area (Å²) in [5.41, 5.74) is 2.95. The molecule has 0 saturated heterocycles. The van der Waals surface area contributed by atoms with Crippen molar-refractivity contribution in [3.8, 4) is 22.7 Å². The highest BCUT2D eigenvalue weighted by molar-refractivity contribution is 6.35. The molecule has 0 spiro atoms. The second-order valence-electron chi connectivity index (χ2n) is 9.21. The van der Waals surface area contributed by atoms with Gasteiger partial charge in [-0.1, -0.05) is 59.1 Å². The van der Waals surface area contributed by atoms with Gasteiger partial charge in [-0.15, -0.1) is 13.2 Å². The maximum absolute atomic E-state index is 13.6. The third kappa shape index (κ3) is 7.96. The molecule has 0 unspecified atom stereocenters. The molecule has 1 atom stereocenters. The number of aromatic nitrogens is 2. The van der Waals surface area contributed by atoms with Gasteiger partial charge < -0.3 is 14.8 Å². The molecule has 1 aromatic heterocycles. The zero-order chi connectivity index (χ0) is 30.6. The molecule has 0 aliphatic heterocycles. The van der Waals surface area contributed by atoms with E-state index < -0.39 is 24.3 Å². The molecule has 1 heterocycles. The zero-order valence-corrected chi connectivity index (χ0v) is 24.4. The standard InChI is InChI=1S/C29H23Cl3F3N3O4/c1-16-26(37-38(25-12-9-21(31)14-24(25)32)27(16)19-5-7-20(30)8-6-19)28(40)36-22(15-41-17(2)39)13-18-3-10-23(11-4-18)42-29(33,34)35/h3-12,14,22H,13,15H2,1-2H3,(H,36,40)/t22-/m0/s1. The number of esters is 1. The van der Waals surface area contributed by atoms with Crippen molar-refractivity contribution >= 4 is 46.7 Å². The van der Waals surface area contributed by atoms with E-state index in [1.54, 1.807) is 49.4 Å². The van der Waals surface area contributed by atoms with Crippen molar-refractivity contribution < 1.29 is 32.2 Å². The number of benzene rings is 3. The Bertz CT molecular complexity index is 1590. The minimum Gasteiger partial charge on any atom is -0.464 e. The molecule has 4 aromatic rings. The van der Waals surface area contributed by atoms with Gasteiger partial charge in [-0.2, -0.15) is 5.10 Å². The first-order chi connectivity index (χ1) is 19.8. The third-order valence-electron chi connectivity index (χ3n) is 6.05. The van der Waals surface area contributed by atoms with Gasteiger partial charge in [0.15, 0.2) is 5.69 Å². The summed E-state index contributed by atoms with van der Waals surface area (Å²) in [7, 11) is 0. The van der Waals surface area contributed by atoms with Crippen LogP contribution in [0.3, 0.4) is 0 Å². The fourth-order valence-corrected chi connectivity index (χ4v) is 4.84. The fourth-order valence-electron chi connectivity index (χ4n) is 4.22. The van der Waals surface area contributed by atoms with E-state index in [1.807, 2.05) is 0 Å². The summed E-state index contributed by atoms with van der Waals surface area (Å²) in [5.74, 6) is -1.52. The Hall–Kier alpha value is -3.73. The van der Waals surface area contributed by atoms with Gasteiger partial charge in [0, 0.05) is 28.1 Å². The maximum atomic E-state index is 13.6. The van der Waals surface area contributed by atoms with Crippen molar-refractivity contribution in [2.75, 3.05) is 6.61 Å². The van der Waals surface area contributed by atoms with E-state index in [1.165, 1.54) is 23.7 Å². The van der Waals surface area contributed by atoms with Gasteiger partial charge in [0.1, 0.15) is 12.4 Å². The predicted molar refractivity (Wildman–Crippen MR) is 153 cm³/mol. The number of alkyl halides is 3. The number of hydrogen-bond donors (Lipinski definition) is 1. The van der Waals surface area contributed by atoms with Crippen LogP contribution >= 0.6 is 34.8 Å². The van der Waals surface area contributed by atoms with Crippen LogP contribution in [-0.4, -0.2) is 40.7 Å². The predicted octanol–water partition coefficient (Wildman–Crippen LogP) is 7.61. The molecule has 7 nitrogen and oxygen atoms in total. The average molecular weight is 641 g/mol. The Morgan fingerprint density at radius 3 is 2.21 bits per heavy atom. The molecular weight excluding hydrogens is 618 g/mol. The van der Waals surface area contributed by atoms with E-state index in [2.05, 4.69) is 15.2 Å². The highest BCUT2D eigenvalue weighted by Gasteiger charge is 2.31. The van der Waals surface area contributed by atoms with Gasteiger partial charge in [0.05, 0.1) is 22.4 Å². The van der Waals surface area contributed by atoms with Crippen molar-refractivity contribution in [1.82, 2.24) is 15.1 Å². The highest BCUT2D eigenvalue weighted by Crippen LogP contribution is 2.33. The van der Waals surface area contributed by atoms with Crippen LogP contribution in [0.15, 0.2) is 66.7 Å². The summed E-state index contributed by atoms with van der Waals surface area (Å²) >= 11 is 18.7. The molecular formula is C29H23Cl3F3N3O4. The van der Waals surface area contributed by atoms with Crippen LogP contribution in [0.5, 0.6) is 5.75 Å². The number of rotatable bonds is 9. The first kappa shape index (κ1) is 31.2. The van der Waals surface area contributed by atoms with Crippen molar-refractivity contribution in [3.05, 3.63) is 98.6 Å². The second-order valence-corrected chi connectivity index (χ2v) is 10.5. The molecule has 0 radical (unpaired) electrons. The molecule has 1 N–H and O–H groups in total. The molecule has 0 aliphatic rings. The number of halogens is 6. The van der Waals surface area contributed by atoms with Gasteiger partial charge in [-0.25, -0.2) is 4.68 Å². The van der Waals surface area contributed by atoms with Crippen molar-refractivity contribution in [2.45, 2.75) is 32.7 Å². The number of carbonyl (C=O) groups excluding carboxylic acids is 2. The molecule has 0 bridgehead atoms. The van der Waals surface area contributed by atoms with Crippen LogP contribution in [0.2, 0.25) is 15.1 Å². The normalized spacial score (nSPS) is 12.1. The van der Waals surface area contributed by atoms with E-state index in [0.717, 1.165) is 12.1 Å². The summed E-state index contributed by atoms with van der Waals surface area (Å²) in [6.45, 7) is 2.77. The lowest BCUT2D eigenvalue weighted by molar-refractivity contribution is -0.274. The van der Waals surface area contributed by atoms with E-state index in [0.29, 0.717) is 43.1 Å². The average Bonchev–Trinajstić information content (AvgIpc) is 3.24. The Balaban J connectivity index is 1.67. The summed E-state index contributed by atoms with van der Waals surface area (Å²) in [4.78, 5) is 25.1. The van der Waals surface area contributed by atoms with Gasteiger partial charge in [-0.3, -0.25) is 9.59 Å². The Morgan fingerprint density at radius 2 is 1.62 bits per heavy atom. The van der Waals surface area contributed by atoms with Gasteiger partial charge >= 0.3 is 12.3 Å². The van der Waals surface area contributed by atoms with E-state index in [4.69, 9.17) is 39.5 Å². The first-order valence-corrected chi connectivity index (χ1v) is 13.5. The number of amides is 1. The van der Waals surface area contributed by atoms with Crippen molar-refractivity contribution in [1.29, 1.82) is 0 Å². The van der Waals surface area contributed by atoms with Crippen LogP contribution in [-0.2, 0) is 16.0 Å². The Morgan fingerprint density at radius 1 is 0.976 bits per heavy atom. The van der Waals surface area contributed by atoms with Crippen LogP contribution in [0.1, 0.15) is 28.5 Å². The highest BCUT2D eigenvalue weighted by atomic mass is 35.5. The zero-order valence-electron chi connectivity index (χ0n) is 22.1. The number of carbonyl (C=O) groups is 2. The molecule has 42 heavy (non-hydrogen) atoms. The van der Waals surface area contributed by atoms with Crippen molar-refractivity contribution in [2.24, 2.45) is 0 Å². The number of nitrogens with one attached hydrogen (secondary N) is 1. The van der Waals surface area contributed by atoms with Crippen LogP contribution in [0.4, 0.5) is 13.2 Å². The van der Waals surface area contributed by atoms with Gasteiger partial charge in [-0.05, 0) is 61.4 Å². The van der Waals surface area contributed by atoms with E-state index in [9.17, 15) is 22.8 Å². The largest absolute Gasteiger partial charge is 0.573 e. The van der Waals surface area contributed by atoms with Crippen molar-refractivity contribution in [3.63, 3.8) is 0 Å². The maximum Gasteiger partial charge on any atom is 0.573 e. The topological polar surface area (TPSA) is 82.4 Å². The molecule has 0 aliphatic carbocycles. The minimum atomic E-state index is -4.82. The van der Waals surface area contributed by atoms with Gasteiger partial charge in [0.25, 0.3) is 5.91 Å². The summed E-state index contributed by atoms with van der Waals surface area (Å²) < 4.78 is 48.2. The molecule has 1 amide bonds. The quantitative estimate of drug-likeness (QED) is 0.191. The molecule has 4 rings (SSSR count). The fraction of sp³-hybridized carbons (Fsp3) is 0.207. The lowest BCUT2D eigenvalue weighted by atomic mass is 10.0.